The number of aliphatic hydroxyl groups is 1. The topological polar surface area (TPSA) is 38.1 Å². The zero-order valence-corrected chi connectivity index (χ0v) is 12.0. The highest BCUT2D eigenvalue weighted by atomic mass is 32.2. The van der Waals surface area contributed by atoms with Gasteiger partial charge in [0.2, 0.25) is 0 Å². The Morgan fingerprint density at radius 1 is 1.32 bits per heavy atom. The summed E-state index contributed by atoms with van der Waals surface area (Å²) < 4.78 is 2.19. The van der Waals surface area contributed by atoms with Gasteiger partial charge in [0.15, 0.2) is 0 Å². The molecule has 1 aromatic heterocycles. The number of benzene rings is 1. The van der Waals surface area contributed by atoms with E-state index in [1.165, 1.54) is 5.56 Å². The van der Waals surface area contributed by atoms with Crippen LogP contribution in [-0.2, 0) is 12.3 Å². The van der Waals surface area contributed by atoms with Gasteiger partial charge in [-0.3, -0.25) is 0 Å². The zero-order chi connectivity index (χ0) is 13.5. The minimum Gasteiger partial charge on any atom is -0.396 e. The van der Waals surface area contributed by atoms with Gasteiger partial charge in [-0.05, 0) is 17.2 Å². The zero-order valence-electron chi connectivity index (χ0n) is 11.2. The molecule has 0 amide bonds. The average molecular weight is 276 g/mol. The van der Waals surface area contributed by atoms with Gasteiger partial charge in [0.05, 0.1) is 5.75 Å². The van der Waals surface area contributed by atoms with Crippen molar-refractivity contribution in [1.29, 1.82) is 0 Å². The van der Waals surface area contributed by atoms with Gasteiger partial charge in [0, 0.05) is 25.5 Å². The summed E-state index contributed by atoms with van der Waals surface area (Å²) in [7, 11) is 0. The van der Waals surface area contributed by atoms with Crippen LogP contribution in [0.3, 0.4) is 0 Å². The number of aliphatic hydroxyl groups excluding tert-OH is 1. The van der Waals surface area contributed by atoms with E-state index >= 15 is 0 Å². The number of aromatic nitrogens is 2. The maximum absolute atomic E-state index is 9.01. The first kappa shape index (κ1) is 14.2. The second-order valence-corrected chi connectivity index (χ2v) is 5.79. The van der Waals surface area contributed by atoms with Crippen molar-refractivity contribution in [2.45, 2.75) is 19.2 Å². The lowest BCUT2D eigenvalue weighted by molar-refractivity contribution is 0.250. The van der Waals surface area contributed by atoms with Crippen LogP contribution in [0.1, 0.15) is 18.3 Å². The number of thioether (sulfide) groups is 1. The van der Waals surface area contributed by atoms with Crippen LogP contribution in [0.4, 0.5) is 0 Å². The minimum atomic E-state index is 0.255. The molecule has 0 aliphatic heterocycles. The largest absolute Gasteiger partial charge is 0.396 e. The summed E-state index contributed by atoms with van der Waals surface area (Å²) in [5.74, 6) is 3.31. The average Bonchev–Trinajstić information content (AvgIpc) is 2.87. The Morgan fingerprint density at radius 3 is 2.84 bits per heavy atom. The maximum atomic E-state index is 9.01. The first-order valence-electron chi connectivity index (χ1n) is 6.52. The molecule has 0 saturated heterocycles. The number of imidazole rings is 1. The van der Waals surface area contributed by atoms with Crippen LogP contribution in [0.25, 0.3) is 0 Å². The molecule has 1 N–H and O–H groups in total. The highest BCUT2D eigenvalue weighted by Gasteiger charge is 2.05. The normalized spacial score (nSPS) is 12.5. The Hall–Kier alpha value is -1.26. The van der Waals surface area contributed by atoms with E-state index < -0.39 is 0 Å². The van der Waals surface area contributed by atoms with E-state index in [0.29, 0.717) is 5.92 Å². The quantitative estimate of drug-likeness (QED) is 0.845. The highest BCUT2D eigenvalue weighted by molar-refractivity contribution is 7.98. The predicted molar refractivity (Wildman–Crippen MR) is 80.2 cm³/mol. The van der Waals surface area contributed by atoms with E-state index in [1.54, 1.807) is 0 Å². The molecule has 2 rings (SSSR count). The van der Waals surface area contributed by atoms with Crippen molar-refractivity contribution in [1.82, 2.24) is 9.55 Å². The number of hydrogen-bond donors (Lipinski definition) is 1. The molecule has 0 aliphatic rings. The summed E-state index contributed by atoms with van der Waals surface area (Å²) in [6, 6.07) is 10.4. The Labute approximate surface area is 118 Å². The molecule has 102 valence electrons. The summed E-state index contributed by atoms with van der Waals surface area (Å²) in [6.07, 6.45) is 3.88. The molecule has 2 aromatic rings. The van der Waals surface area contributed by atoms with Gasteiger partial charge in [0.1, 0.15) is 5.82 Å². The van der Waals surface area contributed by atoms with E-state index in [0.717, 1.165) is 23.9 Å². The van der Waals surface area contributed by atoms with Crippen molar-refractivity contribution in [3.63, 3.8) is 0 Å². The van der Waals surface area contributed by atoms with Gasteiger partial charge in [-0.25, -0.2) is 4.98 Å². The molecule has 0 radical (unpaired) electrons. The molecule has 1 atom stereocenters. The summed E-state index contributed by atoms with van der Waals surface area (Å²) in [5, 5.41) is 9.01. The van der Waals surface area contributed by atoms with Crippen LogP contribution in [0.15, 0.2) is 42.7 Å². The molecule has 4 heteroatoms. The molecule has 0 aliphatic carbocycles. The van der Waals surface area contributed by atoms with Crippen molar-refractivity contribution in [3.05, 3.63) is 54.1 Å². The SMILES string of the molecule is CC(CO)CSCc1nccn1Cc1ccccc1. The Balaban J connectivity index is 1.91. The fourth-order valence-electron chi connectivity index (χ4n) is 1.81. The smallest absolute Gasteiger partial charge is 0.118 e. The molecular weight excluding hydrogens is 256 g/mol. The van der Waals surface area contributed by atoms with Crippen LogP contribution in [0, 0.1) is 5.92 Å². The van der Waals surface area contributed by atoms with Crippen molar-refractivity contribution in [3.8, 4) is 0 Å². The predicted octanol–water partition coefficient (Wildman–Crippen LogP) is 2.79. The summed E-state index contributed by atoms with van der Waals surface area (Å²) in [4.78, 5) is 4.41. The van der Waals surface area contributed by atoms with Crippen LogP contribution in [0.5, 0.6) is 0 Å². The molecule has 1 heterocycles. The molecule has 0 saturated carbocycles. The number of rotatable bonds is 7. The Bertz CT molecular complexity index is 484. The second-order valence-electron chi connectivity index (χ2n) is 4.76. The molecule has 0 fully saturated rings. The van der Waals surface area contributed by atoms with E-state index in [4.69, 9.17) is 5.11 Å². The third-order valence-electron chi connectivity index (χ3n) is 2.94. The lowest BCUT2D eigenvalue weighted by atomic mass is 10.2. The van der Waals surface area contributed by atoms with E-state index in [1.807, 2.05) is 30.2 Å². The maximum Gasteiger partial charge on any atom is 0.118 e. The van der Waals surface area contributed by atoms with Crippen molar-refractivity contribution >= 4 is 11.8 Å². The standard InChI is InChI=1S/C15H20N2OS/c1-13(10-18)11-19-12-15-16-7-8-17(15)9-14-5-3-2-4-6-14/h2-8,13,18H,9-12H2,1H3. The van der Waals surface area contributed by atoms with Gasteiger partial charge in [0.25, 0.3) is 0 Å². The number of nitrogens with zero attached hydrogens (tertiary/aromatic N) is 2. The molecule has 1 aromatic carbocycles. The van der Waals surface area contributed by atoms with E-state index in [-0.39, 0.29) is 6.61 Å². The molecular formula is C15H20N2OS. The van der Waals surface area contributed by atoms with Gasteiger partial charge < -0.3 is 9.67 Å². The summed E-state index contributed by atoms with van der Waals surface area (Å²) in [5.41, 5.74) is 1.29. The third-order valence-corrected chi connectivity index (χ3v) is 4.21. The Morgan fingerprint density at radius 2 is 2.11 bits per heavy atom. The summed E-state index contributed by atoms with van der Waals surface area (Å²) in [6.45, 7) is 3.18. The molecule has 0 spiro atoms. The van der Waals surface area contributed by atoms with E-state index in [2.05, 4.69) is 40.7 Å². The first-order valence-corrected chi connectivity index (χ1v) is 7.67. The van der Waals surface area contributed by atoms with Gasteiger partial charge >= 0.3 is 0 Å². The number of hydrogen-bond acceptors (Lipinski definition) is 3. The van der Waals surface area contributed by atoms with Crippen LogP contribution in [0.2, 0.25) is 0 Å². The second kappa shape index (κ2) is 7.36. The van der Waals surface area contributed by atoms with E-state index in [9.17, 15) is 0 Å². The van der Waals surface area contributed by atoms with Gasteiger partial charge in [-0.1, -0.05) is 37.3 Å². The Kier molecular flexibility index (Phi) is 5.48. The van der Waals surface area contributed by atoms with Crippen LogP contribution in [-0.4, -0.2) is 27.0 Å². The monoisotopic (exact) mass is 276 g/mol. The van der Waals surface area contributed by atoms with Crippen molar-refractivity contribution < 1.29 is 5.11 Å². The highest BCUT2D eigenvalue weighted by Crippen LogP contribution is 2.15. The molecule has 0 bridgehead atoms. The van der Waals surface area contributed by atoms with Crippen molar-refractivity contribution in [2.75, 3.05) is 12.4 Å². The molecule has 3 nitrogen and oxygen atoms in total. The lowest BCUT2D eigenvalue weighted by Gasteiger charge is -2.09. The van der Waals surface area contributed by atoms with Crippen molar-refractivity contribution in [2.24, 2.45) is 5.92 Å². The third kappa shape index (κ3) is 4.40. The fraction of sp³-hybridized carbons (Fsp3) is 0.400. The summed E-state index contributed by atoms with van der Waals surface area (Å²) >= 11 is 1.83. The molecule has 1 unspecified atom stereocenters. The van der Waals surface area contributed by atoms with Crippen LogP contribution < -0.4 is 0 Å². The first-order chi connectivity index (χ1) is 9.29. The fourth-order valence-corrected chi connectivity index (χ4v) is 2.86. The van der Waals surface area contributed by atoms with Gasteiger partial charge in [-0.15, -0.1) is 0 Å². The minimum absolute atomic E-state index is 0.255. The molecule has 19 heavy (non-hydrogen) atoms. The van der Waals surface area contributed by atoms with Gasteiger partial charge in [-0.2, -0.15) is 11.8 Å². The lowest BCUT2D eigenvalue weighted by Crippen LogP contribution is -2.06. The van der Waals surface area contributed by atoms with Crippen LogP contribution >= 0.6 is 11.8 Å².